The highest BCUT2D eigenvalue weighted by Crippen LogP contribution is 2.35. The van der Waals surface area contributed by atoms with Crippen molar-refractivity contribution in [1.29, 1.82) is 0 Å². The van der Waals surface area contributed by atoms with Crippen LogP contribution in [0.15, 0.2) is 24.3 Å². The van der Waals surface area contributed by atoms with Crippen molar-refractivity contribution in [1.82, 2.24) is 9.97 Å². The summed E-state index contributed by atoms with van der Waals surface area (Å²) in [6.45, 7) is 12.2. The van der Waals surface area contributed by atoms with E-state index in [2.05, 4.69) is 46.2 Å². The monoisotopic (exact) mass is 398 g/mol. The van der Waals surface area contributed by atoms with Crippen LogP contribution in [0.3, 0.4) is 0 Å². The van der Waals surface area contributed by atoms with E-state index in [9.17, 15) is 4.79 Å². The normalized spacial score (nSPS) is 10.9. The standard InChI is InChI=1S/C21H26N4O2S/c1-6-25(7-2)16-11-9-15(10-12-16)24-19-17-13(4)18(21(26)27-8-3)28-20(17)23-14(5)22-19/h9-12H,6-8H2,1-5H3,(H,22,23,24). The van der Waals surface area contributed by atoms with Crippen LogP contribution in [0.4, 0.5) is 17.2 Å². The van der Waals surface area contributed by atoms with E-state index in [-0.39, 0.29) is 5.97 Å². The third-order valence-corrected chi connectivity index (χ3v) is 5.79. The summed E-state index contributed by atoms with van der Waals surface area (Å²) in [5, 5.41) is 4.27. The molecule has 6 nitrogen and oxygen atoms in total. The number of carbonyl (C=O) groups is 1. The SMILES string of the molecule is CCOC(=O)c1sc2nc(C)nc(Nc3ccc(N(CC)CC)cc3)c2c1C. The lowest BCUT2D eigenvalue weighted by atomic mass is 10.2. The van der Waals surface area contributed by atoms with E-state index in [4.69, 9.17) is 4.74 Å². The van der Waals surface area contributed by atoms with E-state index in [1.165, 1.54) is 17.0 Å². The van der Waals surface area contributed by atoms with Crippen molar-refractivity contribution in [2.45, 2.75) is 34.6 Å². The van der Waals surface area contributed by atoms with Crippen molar-refractivity contribution < 1.29 is 9.53 Å². The van der Waals surface area contributed by atoms with Crippen LogP contribution in [0.5, 0.6) is 0 Å². The molecule has 0 atom stereocenters. The second-order valence-electron chi connectivity index (χ2n) is 6.42. The number of hydrogen-bond donors (Lipinski definition) is 1. The molecule has 1 aromatic carbocycles. The van der Waals surface area contributed by atoms with Crippen molar-refractivity contribution in [2.24, 2.45) is 0 Å². The smallest absolute Gasteiger partial charge is 0.348 e. The molecule has 0 saturated heterocycles. The lowest BCUT2D eigenvalue weighted by Gasteiger charge is -2.21. The number of carbonyl (C=O) groups excluding carboxylic acids is 1. The summed E-state index contributed by atoms with van der Waals surface area (Å²) >= 11 is 1.35. The molecule has 0 amide bonds. The Kier molecular flexibility index (Phi) is 6.14. The van der Waals surface area contributed by atoms with Gasteiger partial charge in [0.25, 0.3) is 0 Å². The van der Waals surface area contributed by atoms with Crippen LogP contribution < -0.4 is 10.2 Å². The Hall–Kier alpha value is -2.67. The van der Waals surface area contributed by atoms with E-state index < -0.39 is 0 Å². The minimum Gasteiger partial charge on any atom is -0.462 e. The first kappa shape index (κ1) is 20.1. The van der Waals surface area contributed by atoms with Gasteiger partial charge in [-0.05, 0) is 64.4 Å². The van der Waals surface area contributed by atoms with E-state index >= 15 is 0 Å². The molecular weight excluding hydrogens is 372 g/mol. The molecule has 0 saturated carbocycles. The molecular formula is C21H26N4O2S. The minimum atomic E-state index is -0.310. The van der Waals surface area contributed by atoms with Gasteiger partial charge in [-0.2, -0.15) is 0 Å². The van der Waals surface area contributed by atoms with Gasteiger partial charge in [0.15, 0.2) is 0 Å². The number of aryl methyl sites for hydroxylation is 2. The Balaban J connectivity index is 1.97. The number of aromatic nitrogens is 2. The fourth-order valence-electron chi connectivity index (χ4n) is 3.21. The Morgan fingerprint density at radius 1 is 1.11 bits per heavy atom. The summed E-state index contributed by atoms with van der Waals surface area (Å²) in [6.07, 6.45) is 0. The number of anilines is 3. The molecule has 2 heterocycles. The Morgan fingerprint density at radius 3 is 2.39 bits per heavy atom. The number of nitrogens with zero attached hydrogens (tertiary/aromatic N) is 3. The molecule has 2 aromatic heterocycles. The molecule has 3 rings (SSSR count). The summed E-state index contributed by atoms with van der Waals surface area (Å²) < 4.78 is 5.18. The highest BCUT2D eigenvalue weighted by Gasteiger charge is 2.21. The van der Waals surface area contributed by atoms with Crippen LogP contribution in [0.1, 0.15) is 41.8 Å². The second-order valence-corrected chi connectivity index (χ2v) is 7.42. The zero-order chi connectivity index (χ0) is 20.3. The molecule has 0 spiro atoms. The van der Waals surface area contributed by atoms with Crippen LogP contribution in [0, 0.1) is 13.8 Å². The Labute approximate surface area is 169 Å². The van der Waals surface area contributed by atoms with Crippen LogP contribution >= 0.6 is 11.3 Å². The zero-order valence-electron chi connectivity index (χ0n) is 17.0. The van der Waals surface area contributed by atoms with Crippen LogP contribution in [0.2, 0.25) is 0 Å². The largest absolute Gasteiger partial charge is 0.462 e. The van der Waals surface area contributed by atoms with Crippen LogP contribution in [-0.4, -0.2) is 35.6 Å². The summed E-state index contributed by atoms with van der Waals surface area (Å²) in [4.78, 5) is 25.0. The number of benzene rings is 1. The van der Waals surface area contributed by atoms with Crippen molar-refractivity contribution in [3.63, 3.8) is 0 Å². The van der Waals surface area contributed by atoms with Crippen molar-refractivity contribution in [3.8, 4) is 0 Å². The van der Waals surface area contributed by atoms with Gasteiger partial charge in [0.2, 0.25) is 0 Å². The van der Waals surface area contributed by atoms with E-state index in [0.29, 0.717) is 23.1 Å². The molecule has 28 heavy (non-hydrogen) atoms. The zero-order valence-corrected chi connectivity index (χ0v) is 17.8. The number of hydrogen-bond acceptors (Lipinski definition) is 7. The van der Waals surface area contributed by atoms with Crippen molar-refractivity contribution >= 4 is 44.7 Å². The van der Waals surface area contributed by atoms with E-state index in [0.717, 1.165) is 34.6 Å². The number of thiophene rings is 1. The molecule has 0 unspecified atom stereocenters. The first-order chi connectivity index (χ1) is 13.5. The highest BCUT2D eigenvalue weighted by molar-refractivity contribution is 7.20. The van der Waals surface area contributed by atoms with Gasteiger partial charge < -0.3 is 15.0 Å². The second kappa shape index (κ2) is 8.56. The van der Waals surface area contributed by atoms with Crippen LogP contribution in [-0.2, 0) is 4.74 Å². The van der Waals surface area contributed by atoms with Gasteiger partial charge in [-0.3, -0.25) is 0 Å². The number of nitrogens with one attached hydrogen (secondary N) is 1. The summed E-state index contributed by atoms with van der Waals surface area (Å²) in [5.74, 6) is 1.06. The maximum absolute atomic E-state index is 12.3. The molecule has 0 bridgehead atoms. The maximum atomic E-state index is 12.3. The highest BCUT2D eigenvalue weighted by atomic mass is 32.1. The van der Waals surface area contributed by atoms with Gasteiger partial charge in [0.05, 0.1) is 12.0 Å². The number of esters is 1. The van der Waals surface area contributed by atoms with E-state index in [1.807, 2.05) is 26.0 Å². The number of fused-ring (bicyclic) bond motifs is 1. The van der Waals surface area contributed by atoms with Crippen molar-refractivity contribution in [3.05, 3.63) is 40.5 Å². The fourth-order valence-corrected chi connectivity index (χ4v) is 4.33. The topological polar surface area (TPSA) is 67.3 Å². The number of rotatable bonds is 7. The molecule has 1 N–H and O–H groups in total. The Bertz CT molecular complexity index is 978. The number of ether oxygens (including phenoxy) is 1. The van der Waals surface area contributed by atoms with E-state index in [1.54, 1.807) is 6.92 Å². The molecule has 0 radical (unpaired) electrons. The van der Waals surface area contributed by atoms with Gasteiger partial charge >= 0.3 is 5.97 Å². The first-order valence-corrected chi connectivity index (χ1v) is 10.4. The predicted molar refractivity (Wildman–Crippen MR) is 116 cm³/mol. The van der Waals surface area contributed by atoms with Crippen molar-refractivity contribution in [2.75, 3.05) is 29.9 Å². The Morgan fingerprint density at radius 2 is 1.79 bits per heavy atom. The lowest BCUT2D eigenvalue weighted by molar-refractivity contribution is 0.0531. The third kappa shape index (κ3) is 3.94. The molecule has 0 aliphatic heterocycles. The molecule has 7 heteroatoms. The van der Waals surface area contributed by atoms with Gasteiger partial charge in [-0.15, -0.1) is 11.3 Å². The fraction of sp³-hybridized carbons (Fsp3) is 0.381. The van der Waals surface area contributed by atoms with Gasteiger partial charge in [-0.1, -0.05) is 0 Å². The molecule has 148 valence electrons. The van der Waals surface area contributed by atoms with Gasteiger partial charge in [0, 0.05) is 24.5 Å². The predicted octanol–water partition coefficient (Wildman–Crippen LogP) is 5.07. The molecule has 3 aromatic rings. The average molecular weight is 399 g/mol. The molecule has 0 fully saturated rings. The summed E-state index contributed by atoms with van der Waals surface area (Å²) in [6, 6.07) is 8.30. The van der Waals surface area contributed by atoms with Crippen LogP contribution in [0.25, 0.3) is 10.2 Å². The quantitative estimate of drug-likeness (QED) is 0.560. The molecule has 0 aliphatic rings. The molecule has 0 aliphatic carbocycles. The first-order valence-electron chi connectivity index (χ1n) is 9.55. The summed E-state index contributed by atoms with van der Waals surface area (Å²) in [5.41, 5.74) is 2.98. The summed E-state index contributed by atoms with van der Waals surface area (Å²) in [7, 11) is 0. The minimum absolute atomic E-state index is 0.310. The maximum Gasteiger partial charge on any atom is 0.348 e. The lowest BCUT2D eigenvalue weighted by Crippen LogP contribution is -2.21. The average Bonchev–Trinajstić information content (AvgIpc) is 3.01. The van der Waals surface area contributed by atoms with Gasteiger partial charge in [0.1, 0.15) is 21.3 Å². The third-order valence-electron chi connectivity index (χ3n) is 4.62. The van der Waals surface area contributed by atoms with Gasteiger partial charge in [-0.25, -0.2) is 14.8 Å².